The third-order valence-corrected chi connectivity index (χ3v) is 4.93. The molecule has 1 fully saturated rings. The Balaban J connectivity index is 1.51. The molecule has 1 heterocycles. The Bertz CT molecular complexity index is 478. The lowest BCUT2D eigenvalue weighted by Crippen LogP contribution is -2.42. The zero-order valence-electron chi connectivity index (χ0n) is 12.3. The van der Waals surface area contributed by atoms with Gasteiger partial charge in [0.05, 0.1) is 0 Å². The van der Waals surface area contributed by atoms with E-state index in [1.54, 1.807) is 0 Å². The fourth-order valence-corrected chi connectivity index (χ4v) is 3.60. The van der Waals surface area contributed by atoms with Gasteiger partial charge in [-0.25, -0.2) is 0 Å². The van der Waals surface area contributed by atoms with Gasteiger partial charge in [-0.3, -0.25) is 4.79 Å². The Kier molecular flexibility index (Phi) is 4.44. The van der Waals surface area contributed by atoms with Crippen molar-refractivity contribution in [3.05, 3.63) is 29.8 Å². The van der Waals surface area contributed by atoms with Crippen LogP contribution in [0.4, 0.5) is 5.69 Å². The van der Waals surface area contributed by atoms with E-state index in [0.29, 0.717) is 18.4 Å². The van der Waals surface area contributed by atoms with Gasteiger partial charge in [0.2, 0.25) is 5.91 Å². The molecule has 0 saturated heterocycles. The molecule has 1 saturated carbocycles. The highest BCUT2D eigenvalue weighted by Gasteiger charge is 2.28. The molecule has 21 heavy (non-hydrogen) atoms. The molecule has 0 radical (unpaired) electrons. The standard InChI is InChI=1S/C17H24N2O2/c20-11-14-7-2-1-6-13(14)10-18-17(21)16-9-12-5-3-4-8-15(12)19-16/h3-5,8,13-14,16,19-20H,1-2,6-7,9-11H2,(H,18,21). The van der Waals surface area contributed by atoms with E-state index in [-0.39, 0.29) is 18.6 Å². The van der Waals surface area contributed by atoms with Crippen molar-refractivity contribution in [1.29, 1.82) is 0 Å². The number of hydrogen-bond acceptors (Lipinski definition) is 3. The van der Waals surface area contributed by atoms with Crippen LogP contribution in [0.25, 0.3) is 0 Å². The van der Waals surface area contributed by atoms with Gasteiger partial charge in [-0.2, -0.15) is 0 Å². The van der Waals surface area contributed by atoms with E-state index < -0.39 is 0 Å². The van der Waals surface area contributed by atoms with Crippen molar-refractivity contribution >= 4 is 11.6 Å². The molecular formula is C17H24N2O2. The molecule has 0 aromatic heterocycles. The maximum absolute atomic E-state index is 12.3. The quantitative estimate of drug-likeness (QED) is 0.793. The molecule has 1 aliphatic heterocycles. The summed E-state index contributed by atoms with van der Waals surface area (Å²) in [7, 11) is 0. The van der Waals surface area contributed by atoms with Crippen LogP contribution in [-0.2, 0) is 11.2 Å². The second-order valence-corrected chi connectivity index (χ2v) is 6.29. The van der Waals surface area contributed by atoms with E-state index in [9.17, 15) is 9.90 Å². The topological polar surface area (TPSA) is 61.4 Å². The summed E-state index contributed by atoms with van der Waals surface area (Å²) in [6.07, 6.45) is 5.38. The third-order valence-electron chi connectivity index (χ3n) is 4.93. The monoisotopic (exact) mass is 288 g/mol. The SMILES string of the molecule is O=C(NCC1CCCCC1CO)C1Cc2ccccc2N1. The fraction of sp³-hybridized carbons (Fsp3) is 0.588. The molecule has 1 aliphatic carbocycles. The van der Waals surface area contributed by atoms with E-state index in [4.69, 9.17) is 0 Å². The summed E-state index contributed by atoms with van der Waals surface area (Å²) >= 11 is 0. The first-order valence-corrected chi connectivity index (χ1v) is 8.01. The van der Waals surface area contributed by atoms with Crippen LogP contribution < -0.4 is 10.6 Å². The molecule has 1 aromatic carbocycles. The van der Waals surface area contributed by atoms with Gasteiger partial charge < -0.3 is 15.7 Å². The van der Waals surface area contributed by atoms with Gasteiger partial charge in [-0.05, 0) is 36.3 Å². The Morgan fingerprint density at radius 3 is 2.76 bits per heavy atom. The fourth-order valence-electron chi connectivity index (χ4n) is 3.60. The first kappa shape index (κ1) is 14.4. The van der Waals surface area contributed by atoms with Crippen molar-refractivity contribution in [3.63, 3.8) is 0 Å². The second kappa shape index (κ2) is 6.48. The first-order chi connectivity index (χ1) is 10.3. The van der Waals surface area contributed by atoms with Gasteiger partial charge in [-0.1, -0.05) is 31.0 Å². The number of benzene rings is 1. The average Bonchev–Trinajstić information content (AvgIpc) is 2.97. The highest BCUT2D eigenvalue weighted by Crippen LogP contribution is 2.29. The van der Waals surface area contributed by atoms with Crippen molar-refractivity contribution < 1.29 is 9.90 Å². The largest absolute Gasteiger partial charge is 0.396 e. The lowest BCUT2D eigenvalue weighted by Gasteiger charge is -2.30. The number of para-hydroxylation sites is 1. The molecule has 0 bridgehead atoms. The predicted molar refractivity (Wildman–Crippen MR) is 83.1 cm³/mol. The summed E-state index contributed by atoms with van der Waals surface area (Å²) in [5, 5.41) is 15.8. The molecule has 0 spiro atoms. The number of rotatable bonds is 4. The van der Waals surface area contributed by atoms with E-state index in [1.807, 2.05) is 18.2 Å². The third kappa shape index (κ3) is 3.21. The Morgan fingerprint density at radius 2 is 2.00 bits per heavy atom. The molecule has 1 amide bonds. The zero-order valence-corrected chi connectivity index (χ0v) is 12.3. The summed E-state index contributed by atoms with van der Waals surface area (Å²) < 4.78 is 0. The first-order valence-electron chi connectivity index (χ1n) is 8.01. The molecule has 3 atom stereocenters. The number of nitrogens with one attached hydrogen (secondary N) is 2. The molecule has 2 aliphatic rings. The van der Waals surface area contributed by atoms with Crippen LogP contribution in [0.15, 0.2) is 24.3 Å². The summed E-state index contributed by atoms with van der Waals surface area (Å²) in [5.41, 5.74) is 2.28. The lowest BCUT2D eigenvalue weighted by atomic mass is 9.79. The number of fused-ring (bicyclic) bond motifs is 1. The maximum atomic E-state index is 12.3. The molecule has 3 unspecified atom stereocenters. The van der Waals surface area contributed by atoms with E-state index in [0.717, 1.165) is 24.9 Å². The highest BCUT2D eigenvalue weighted by molar-refractivity contribution is 5.87. The zero-order chi connectivity index (χ0) is 14.7. The number of aliphatic hydroxyl groups excluding tert-OH is 1. The van der Waals surface area contributed by atoms with Crippen molar-refractivity contribution in [2.24, 2.45) is 11.8 Å². The van der Waals surface area contributed by atoms with Crippen LogP contribution in [0.1, 0.15) is 31.2 Å². The number of amides is 1. The smallest absolute Gasteiger partial charge is 0.242 e. The van der Waals surface area contributed by atoms with E-state index in [1.165, 1.54) is 18.4 Å². The Morgan fingerprint density at radius 1 is 1.24 bits per heavy atom. The number of aliphatic hydroxyl groups is 1. The van der Waals surface area contributed by atoms with Crippen LogP contribution in [-0.4, -0.2) is 30.2 Å². The number of hydrogen-bond donors (Lipinski definition) is 3. The van der Waals surface area contributed by atoms with Gasteiger partial charge in [-0.15, -0.1) is 0 Å². The van der Waals surface area contributed by atoms with Crippen molar-refractivity contribution in [3.8, 4) is 0 Å². The van der Waals surface area contributed by atoms with Crippen molar-refractivity contribution in [1.82, 2.24) is 5.32 Å². The molecule has 3 N–H and O–H groups in total. The van der Waals surface area contributed by atoms with Gasteiger partial charge >= 0.3 is 0 Å². The van der Waals surface area contributed by atoms with Gasteiger partial charge in [0, 0.05) is 25.3 Å². The maximum Gasteiger partial charge on any atom is 0.242 e. The highest BCUT2D eigenvalue weighted by atomic mass is 16.3. The summed E-state index contributed by atoms with van der Waals surface area (Å²) in [5.74, 6) is 0.859. The molecule has 114 valence electrons. The van der Waals surface area contributed by atoms with Crippen LogP contribution in [0.3, 0.4) is 0 Å². The number of anilines is 1. The minimum atomic E-state index is -0.154. The minimum Gasteiger partial charge on any atom is -0.396 e. The van der Waals surface area contributed by atoms with Crippen LogP contribution in [0, 0.1) is 11.8 Å². The lowest BCUT2D eigenvalue weighted by molar-refractivity contribution is -0.122. The Labute approximate surface area is 125 Å². The van der Waals surface area contributed by atoms with E-state index in [2.05, 4.69) is 16.7 Å². The van der Waals surface area contributed by atoms with Crippen molar-refractivity contribution in [2.45, 2.75) is 38.1 Å². The van der Waals surface area contributed by atoms with Crippen LogP contribution in [0.5, 0.6) is 0 Å². The minimum absolute atomic E-state index is 0.0773. The molecule has 4 nitrogen and oxygen atoms in total. The summed E-state index contributed by atoms with van der Waals surface area (Å²) in [6, 6.07) is 7.93. The van der Waals surface area contributed by atoms with Crippen molar-refractivity contribution in [2.75, 3.05) is 18.5 Å². The number of carbonyl (C=O) groups excluding carboxylic acids is 1. The second-order valence-electron chi connectivity index (χ2n) is 6.29. The van der Waals surface area contributed by atoms with Gasteiger partial charge in [0.15, 0.2) is 0 Å². The number of carbonyl (C=O) groups is 1. The van der Waals surface area contributed by atoms with E-state index >= 15 is 0 Å². The Hall–Kier alpha value is -1.55. The van der Waals surface area contributed by atoms with Crippen LogP contribution >= 0.6 is 0 Å². The van der Waals surface area contributed by atoms with Gasteiger partial charge in [0.1, 0.15) is 6.04 Å². The average molecular weight is 288 g/mol. The summed E-state index contributed by atoms with van der Waals surface area (Å²) in [4.78, 5) is 12.3. The molecule has 3 rings (SSSR count). The molecule has 4 heteroatoms. The molecule has 1 aromatic rings. The normalized spacial score (nSPS) is 27.8. The van der Waals surface area contributed by atoms with Gasteiger partial charge in [0.25, 0.3) is 0 Å². The van der Waals surface area contributed by atoms with Crippen LogP contribution in [0.2, 0.25) is 0 Å². The summed E-state index contributed by atoms with van der Waals surface area (Å²) in [6.45, 7) is 0.937. The predicted octanol–water partition coefficient (Wildman–Crippen LogP) is 1.94. The molecular weight excluding hydrogens is 264 g/mol.